The Morgan fingerprint density at radius 3 is 0.845 bits per heavy atom. The fraction of sp³-hybridized carbons (Fsp3) is 0. The van der Waals surface area contributed by atoms with Crippen LogP contribution in [0.25, 0.3) is 209 Å². The van der Waals surface area contributed by atoms with E-state index in [0.717, 1.165) is 111 Å². The Bertz CT molecular complexity index is 6770. The molecule has 0 spiro atoms. The van der Waals surface area contributed by atoms with Crippen molar-refractivity contribution in [2.24, 2.45) is 0 Å². The summed E-state index contributed by atoms with van der Waals surface area (Å²) >= 11 is 3.59. The van der Waals surface area contributed by atoms with Crippen molar-refractivity contribution in [2.75, 3.05) is 0 Å². The van der Waals surface area contributed by atoms with Crippen LogP contribution in [0.2, 0.25) is 0 Å². The van der Waals surface area contributed by atoms with E-state index >= 15 is 0 Å². The molecule has 0 fully saturated rings. The van der Waals surface area contributed by atoms with Crippen molar-refractivity contribution in [1.29, 1.82) is 0 Å². The lowest BCUT2D eigenvalue weighted by molar-refractivity contribution is 1.08. The van der Waals surface area contributed by atoms with Crippen molar-refractivity contribution in [3.63, 3.8) is 0 Å². The molecule has 0 saturated carbocycles. The summed E-state index contributed by atoms with van der Waals surface area (Å²) in [6, 6.07) is 139. The van der Waals surface area contributed by atoms with Crippen molar-refractivity contribution < 1.29 is 0 Å². The first-order valence-corrected chi connectivity index (χ1v) is 38.6. The third kappa shape index (κ3) is 12.6. The molecule has 110 heavy (non-hydrogen) atoms. The highest BCUT2D eigenvalue weighted by Crippen LogP contribution is 2.47. The number of fused-ring (bicyclic) bond motifs is 6. The number of rotatable bonds is 15. The Balaban J connectivity index is 0.644. The largest absolute Gasteiger partial charge is 0.208 e. The van der Waals surface area contributed by atoms with Crippen LogP contribution in [0.5, 0.6) is 0 Å². The van der Waals surface area contributed by atoms with Crippen LogP contribution in [0.3, 0.4) is 0 Å². The SMILES string of the molecule is c1ccc(-c2ccc(-c3ccc(-c4ccc5sc6cccc(-c7nc(-c8ccccc8)nc(-c8ccc(-c9ccc(-c%10cc(-c%11ccc%12sc%13cccc(-c%14nc(-c%15ccccc%15)nc(-c%15ccccc%15)n%14)c%13c%12c%11)cc(-c%11ccccc%11-c%11ccccc%11)c%10)cc9)cc8)n7)c6c5c4)cc3-c3ccccc3)cc2)cc1. The summed E-state index contributed by atoms with van der Waals surface area (Å²) in [5.41, 5.74) is 26.2. The second-order valence-electron chi connectivity index (χ2n) is 27.6. The van der Waals surface area contributed by atoms with Gasteiger partial charge in [0.05, 0.1) is 0 Å². The number of hydrogen-bond donors (Lipinski definition) is 0. The smallest absolute Gasteiger partial charge is 0.164 e. The zero-order chi connectivity index (χ0) is 72.9. The Hall–Kier alpha value is -14.0. The van der Waals surface area contributed by atoms with Crippen LogP contribution in [0.4, 0.5) is 0 Å². The van der Waals surface area contributed by atoms with Crippen LogP contribution in [-0.2, 0) is 0 Å². The molecular weight excluding hydrogens is 1370 g/mol. The second kappa shape index (κ2) is 28.4. The van der Waals surface area contributed by atoms with Crippen molar-refractivity contribution >= 4 is 63.0 Å². The van der Waals surface area contributed by atoms with E-state index in [-0.39, 0.29) is 0 Å². The molecule has 16 aromatic carbocycles. The van der Waals surface area contributed by atoms with E-state index in [4.69, 9.17) is 29.9 Å². The van der Waals surface area contributed by atoms with Gasteiger partial charge >= 0.3 is 0 Å². The molecule has 20 rings (SSSR count). The minimum absolute atomic E-state index is 0.602. The molecule has 0 amide bonds. The van der Waals surface area contributed by atoms with Crippen molar-refractivity contribution in [1.82, 2.24) is 29.9 Å². The first-order chi connectivity index (χ1) is 54.5. The summed E-state index contributed by atoms with van der Waals surface area (Å²) in [6.07, 6.45) is 0. The predicted molar refractivity (Wildman–Crippen MR) is 461 cm³/mol. The average molecular weight is 1440 g/mol. The van der Waals surface area contributed by atoms with Gasteiger partial charge in [0.1, 0.15) is 0 Å². The van der Waals surface area contributed by atoms with Gasteiger partial charge in [0.2, 0.25) is 0 Å². The van der Waals surface area contributed by atoms with Crippen LogP contribution in [-0.4, -0.2) is 29.9 Å². The number of aromatic nitrogens is 6. The van der Waals surface area contributed by atoms with E-state index in [0.29, 0.717) is 34.9 Å². The number of hydrogen-bond acceptors (Lipinski definition) is 8. The van der Waals surface area contributed by atoms with Crippen molar-refractivity contribution in [3.05, 3.63) is 388 Å². The lowest BCUT2D eigenvalue weighted by Crippen LogP contribution is -2.00. The van der Waals surface area contributed by atoms with Crippen LogP contribution >= 0.6 is 22.7 Å². The maximum atomic E-state index is 5.39. The van der Waals surface area contributed by atoms with Gasteiger partial charge in [-0.3, -0.25) is 0 Å². The molecule has 0 aliphatic rings. The monoisotopic (exact) mass is 1440 g/mol. The van der Waals surface area contributed by atoms with Crippen LogP contribution in [0.15, 0.2) is 388 Å². The average Bonchev–Trinajstić information content (AvgIpc) is 1.57. The maximum Gasteiger partial charge on any atom is 0.164 e. The third-order valence-electron chi connectivity index (χ3n) is 20.9. The molecule has 0 N–H and O–H groups in total. The summed E-state index contributed by atoms with van der Waals surface area (Å²) in [7, 11) is 0. The number of thiophene rings is 2. The van der Waals surface area contributed by atoms with Crippen molar-refractivity contribution in [2.45, 2.75) is 0 Å². The first-order valence-electron chi connectivity index (χ1n) is 36.9. The summed E-state index contributed by atoms with van der Waals surface area (Å²) < 4.78 is 4.73. The summed E-state index contributed by atoms with van der Waals surface area (Å²) in [5.74, 6) is 3.74. The van der Waals surface area contributed by atoms with Crippen LogP contribution in [0, 0.1) is 0 Å². The fourth-order valence-corrected chi connectivity index (χ4v) is 17.6. The second-order valence-corrected chi connectivity index (χ2v) is 29.8. The summed E-state index contributed by atoms with van der Waals surface area (Å²) in [5, 5.41) is 4.56. The fourth-order valence-electron chi connectivity index (χ4n) is 15.3. The van der Waals surface area contributed by atoms with Gasteiger partial charge in [0, 0.05) is 73.7 Å². The third-order valence-corrected chi connectivity index (χ3v) is 23.1. The zero-order valence-corrected chi connectivity index (χ0v) is 61.1. The molecule has 514 valence electrons. The Morgan fingerprint density at radius 2 is 0.400 bits per heavy atom. The Kier molecular flexibility index (Phi) is 16.9. The standard InChI is InChI=1S/C102H64N6S2/c1-7-23-65(24-8-1)66-45-49-72(50-46-66)85-56-53-77(62-88(85)71-27-11-3-12-28-71)78-54-57-91-89(63-78)95-86(37-21-39-93(95)109-91)102-107-99(75-33-17-6-18-34-75)104-100(108-102)76-51-47-68(48-52-76)67-41-43-69(44-42-67)80-59-81(61-82(60-80)84-36-20-19-35-83(84)70-25-9-2-10-26-70)79-55-58-92-90(64-79)96-87(38-22-40-94(96)110-92)101-105-97(73-29-13-4-14-30-73)103-98(106-101)74-31-15-5-16-32-74/h1-64H. The van der Waals surface area contributed by atoms with Gasteiger partial charge in [-0.1, -0.05) is 328 Å². The lowest BCUT2D eigenvalue weighted by Gasteiger charge is -2.15. The highest BCUT2D eigenvalue weighted by molar-refractivity contribution is 7.26. The van der Waals surface area contributed by atoms with E-state index in [1.807, 2.05) is 54.6 Å². The predicted octanol–water partition coefficient (Wildman–Crippen LogP) is 27.8. The first kappa shape index (κ1) is 65.5. The summed E-state index contributed by atoms with van der Waals surface area (Å²) in [6.45, 7) is 0. The van der Waals surface area contributed by atoms with Gasteiger partial charge in [-0.25, -0.2) is 29.9 Å². The molecule has 8 heteroatoms. The molecule has 0 atom stereocenters. The normalized spacial score (nSPS) is 11.5. The Morgan fingerprint density at radius 1 is 0.136 bits per heavy atom. The highest BCUT2D eigenvalue weighted by Gasteiger charge is 2.23. The topological polar surface area (TPSA) is 77.3 Å². The number of benzene rings is 16. The molecular formula is C102H64N6S2. The van der Waals surface area contributed by atoms with Crippen LogP contribution < -0.4 is 0 Å². The molecule has 0 unspecified atom stereocenters. The van der Waals surface area contributed by atoms with Gasteiger partial charge in [0.15, 0.2) is 34.9 Å². The van der Waals surface area contributed by atoms with Gasteiger partial charge in [-0.2, -0.15) is 0 Å². The molecule has 0 radical (unpaired) electrons. The molecule has 0 aliphatic carbocycles. The van der Waals surface area contributed by atoms with E-state index in [9.17, 15) is 0 Å². The maximum absolute atomic E-state index is 5.39. The highest BCUT2D eigenvalue weighted by atomic mass is 32.1. The van der Waals surface area contributed by atoms with E-state index in [2.05, 4.69) is 334 Å². The summed E-state index contributed by atoms with van der Waals surface area (Å²) in [4.78, 5) is 31.4. The van der Waals surface area contributed by atoms with E-state index in [1.54, 1.807) is 22.7 Å². The number of nitrogens with zero attached hydrogens (tertiary/aromatic N) is 6. The molecule has 4 aromatic heterocycles. The Labute approximate surface area is 645 Å². The quantitative estimate of drug-likeness (QED) is 0.102. The molecule has 20 aromatic rings. The van der Waals surface area contributed by atoms with E-state index < -0.39 is 0 Å². The van der Waals surface area contributed by atoms with Gasteiger partial charge < -0.3 is 0 Å². The van der Waals surface area contributed by atoms with Crippen molar-refractivity contribution in [3.8, 4) is 168 Å². The van der Waals surface area contributed by atoms with Gasteiger partial charge in [-0.15, -0.1) is 22.7 Å². The van der Waals surface area contributed by atoms with Gasteiger partial charge in [0.25, 0.3) is 0 Å². The molecule has 0 saturated heterocycles. The zero-order valence-electron chi connectivity index (χ0n) is 59.5. The minimum Gasteiger partial charge on any atom is -0.208 e. The molecule has 6 nitrogen and oxygen atoms in total. The molecule has 0 bridgehead atoms. The molecule has 4 heterocycles. The minimum atomic E-state index is 0.602. The van der Waals surface area contributed by atoms with Gasteiger partial charge in [-0.05, 0) is 161 Å². The lowest BCUT2D eigenvalue weighted by atomic mass is 9.89. The van der Waals surface area contributed by atoms with Crippen LogP contribution in [0.1, 0.15) is 0 Å². The molecule has 0 aliphatic heterocycles. The van der Waals surface area contributed by atoms with E-state index in [1.165, 1.54) is 63.3 Å².